The summed E-state index contributed by atoms with van der Waals surface area (Å²) in [4.78, 5) is 11.2. The maximum absolute atomic E-state index is 4.60. The SMILES string of the molecule is CC(C)N(C)c1cc(Br)nc(C2CC2)n1. The molecule has 0 N–H and O–H groups in total. The van der Waals surface area contributed by atoms with Crippen LogP contribution in [0.2, 0.25) is 0 Å². The van der Waals surface area contributed by atoms with Crippen LogP contribution in [-0.2, 0) is 0 Å². The predicted octanol–water partition coefficient (Wildman–Crippen LogP) is 2.96. The van der Waals surface area contributed by atoms with Crippen molar-refractivity contribution in [2.45, 2.75) is 38.6 Å². The summed E-state index contributed by atoms with van der Waals surface area (Å²) in [5.74, 6) is 2.60. The third-order valence-electron chi connectivity index (χ3n) is 2.78. The second-order valence-corrected chi connectivity index (χ2v) is 5.20. The quantitative estimate of drug-likeness (QED) is 0.791. The first-order valence-corrected chi connectivity index (χ1v) is 6.14. The molecule has 0 aromatic carbocycles. The Labute approximate surface area is 99.0 Å². The zero-order chi connectivity index (χ0) is 11.0. The van der Waals surface area contributed by atoms with Gasteiger partial charge in [0.2, 0.25) is 0 Å². The van der Waals surface area contributed by atoms with Gasteiger partial charge in [0.05, 0.1) is 0 Å². The fourth-order valence-electron chi connectivity index (χ4n) is 1.39. The van der Waals surface area contributed by atoms with Crippen LogP contribution in [0.5, 0.6) is 0 Å². The topological polar surface area (TPSA) is 29.0 Å². The first kappa shape index (κ1) is 10.9. The van der Waals surface area contributed by atoms with Gasteiger partial charge < -0.3 is 4.90 Å². The van der Waals surface area contributed by atoms with E-state index in [-0.39, 0.29) is 0 Å². The van der Waals surface area contributed by atoms with Crippen molar-refractivity contribution in [1.29, 1.82) is 0 Å². The highest BCUT2D eigenvalue weighted by Gasteiger charge is 2.27. The normalized spacial score (nSPS) is 15.8. The summed E-state index contributed by atoms with van der Waals surface area (Å²) in [6, 6.07) is 2.44. The zero-order valence-corrected chi connectivity index (χ0v) is 11.0. The summed E-state index contributed by atoms with van der Waals surface area (Å²) in [6.45, 7) is 4.32. The lowest BCUT2D eigenvalue weighted by Crippen LogP contribution is -2.27. The van der Waals surface area contributed by atoms with Crippen LogP contribution in [0, 0.1) is 0 Å². The third-order valence-corrected chi connectivity index (χ3v) is 3.18. The van der Waals surface area contributed by atoms with Crippen molar-refractivity contribution in [3.63, 3.8) is 0 Å². The molecule has 0 spiro atoms. The molecule has 0 amide bonds. The lowest BCUT2D eigenvalue weighted by Gasteiger charge is -2.22. The van der Waals surface area contributed by atoms with Gasteiger partial charge in [-0.15, -0.1) is 0 Å². The Bertz CT molecular complexity index is 361. The maximum atomic E-state index is 4.60. The molecule has 4 heteroatoms. The summed E-state index contributed by atoms with van der Waals surface area (Å²) in [7, 11) is 2.07. The number of aromatic nitrogens is 2. The number of nitrogens with zero attached hydrogens (tertiary/aromatic N) is 3. The molecule has 0 unspecified atom stereocenters. The molecule has 1 aliphatic carbocycles. The summed E-state index contributed by atoms with van der Waals surface area (Å²) in [5.41, 5.74) is 0. The average molecular weight is 270 g/mol. The van der Waals surface area contributed by atoms with Crippen LogP contribution in [-0.4, -0.2) is 23.1 Å². The number of halogens is 1. The number of hydrogen-bond acceptors (Lipinski definition) is 3. The molecule has 82 valence electrons. The van der Waals surface area contributed by atoms with Crippen LogP contribution in [0.4, 0.5) is 5.82 Å². The van der Waals surface area contributed by atoms with E-state index in [0.29, 0.717) is 12.0 Å². The second-order valence-electron chi connectivity index (χ2n) is 4.39. The van der Waals surface area contributed by atoms with Crippen molar-refractivity contribution in [3.05, 3.63) is 16.5 Å². The van der Waals surface area contributed by atoms with Gasteiger partial charge in [0.15, 0.2) is 0 Å². The van der Waals surface area contributed by atoms with Crippen LogP contribution in [0.3, 0.4) is 0 Å². The van der Waals surface area contributed by atoms with E-state index in [1.165, 1.54) is 12.8 Å². The lowest BCUT2D eigenvalue weighted by molar-refractivity contribution is 0.733. The van der Waals surface area contributed by atoms with Gasteiger partial charge in [-0.2, -0.15) is 0 Å². The van der Waals surface area contributed by atoms with Gasteiger partial charge in [-0.3, -0.25) is 0 Å². The molecule has 0 saturated heterocycles. The van der Waals surface area contributed by atoms with Crippen molar-refractivity contribution in [1.82, 2.24) is 9.97 Å². The molecule has 1 fully saturated rings. The lowest BCUT2D eigenvalue weighted by atomic mass is 10.3. The molecular formula is C11H16BrN3. The highest BCUT2D eigenvalue weighted by Crippen LogP contribution is 2.39. The molecule has 1 heterocycles. The van der Waals surface area contributed by atoms with E-state index in [2.05, 4.69) is 51.7 Å². The minimum absolute atomic E-state index is 0.457. The maximum Gasteiger partial charge on any atom is 0.135 e. The molecule has 2 rings (SSSR count). The van der Waals surface area contributed by atoms with Crippen molar-refractivity contribution < 1.29 is 0 Å². The fraction of sp³-hybridized carbons (Fsp3) is 0.636. The Morgan fingerprint density at radius 2 is 2.07 bits per heavy atom. The average Bonchev–Trinajstić information content (AvgIpc) is 2.98. The first-order valence-electron chi connectivity index (χ1n) is 5.35. The molecule has 1 aliphatic rings. The minimum Gasteiger partial charge on any atom is -0.357 e. The predicted molar refractivity (Wildman–Crippen MR) is 65.2 cm³/mol. The van der Waals surface area contributed by atoms with Crippen LogP contribution in [0.15, 0.2) is 10.7 Å². The van der Waals surface area contributed by atoms with Crippen LogP contribution >= 0.6 is 15.9 Å². The first-order chi connectivity index (χ1) is 7.08. The van der Waals surface area contributed by atoms with Gasteiger partial charge in [0, 0.05) is 25.1 Å². The molecule has 3 nitrogen and oxygen atoms in total. The monoisotopic (exact) mass is 269 g/mol. The van der Waals surface area contributed by atoms with Gasteiger partial charge in [-0.05, 0) is 42.6 Å². The standard InChI is InChI=1S/C11H16BrN3/c1-7(2)15(3)10-6-9(12)13-11(14-10)8-4-5-8/h6-8H,4-5H2,1-3H3. The molecule has 15 heavy (non-hydrogen) atoms. The Balaban J connectivity index is 2.30. The molecule has 1 aromatic heterocycles. The van der Waals surface area contributed by atoms with Gasteiger partial charge in [0.1, 0.15) is 16.2 Å². The Kier molecular flexibility index (Phi) is 2.96. The van der Waals surface area contributed by atoms with Crippen LogP contribution in [0.1, 0.15) is 38.4 Å². The molecule has 1 aromatic rings. The van der Waals surface area contributed by atoms with Crippen LogP contribution < -0.4 is 4.90 Å². The Morgan fingerprint density at radius 1 is 1.40 bits per heavy atom. The molecule has 0 atom stereocenters. The van der Waals surface area contributed by atoms with Gasteiger partial charge in [-0.25, -0.2) is 9.97 Å². The smallest absolute Gasteiger partial charge is 0.135 e. The summed E-state index contributed by atoms with van der Waals surface area (Å²) in [5, 5.41) is 0. The number of anilines is 1. The van der Waals surface area contributed by atoms with Crippen LogP contribution in [0.25, 0.3) is 0 Å². The number of rotatable bonds is 3. The minimum atomic E-state index is 0.457. The van der Waals surface area contributed by atoms with Crippen molar-refractivity contribution in [2.75, 3.05) is 11.9 Å². The van der Waals surface area contributed by atoms with E-state index in [9.17, 15) is 0 Å². The summed E-state index contributed by atoms with van der Waals surface area (Å²) in [6.07, 6.45) is 2.47. The van der Waals surface area contributed by atoms with E-state index < -0.39 is 0 Å². The second kappa shape index (κ2) is 4.08. The molecule has 0 radical (unpaired) electrons. The van der Waals surface area contributed by atoms with E-state index in [1.807, 2.05) is 6.07 Å². The van der Waals surface area contributed by atoms with E-state index in [1.54, 1.807) is 0 Å². The molecule has 0 aliphatic heterocycles. The zero-order valence-electron chi connectivity index (χ0n) is 9.37. The van der Waals surface area contributed by atoms with Crippen molar-refractivity contribution in [3.8, 4) is 0 Å². The van der Waals surface area contributed by atoms with E-state index in [4.69, 9.17) is 0 Å². The summed E-state index contributed by atoms with van der Waals surface area (Å²) >= 11 is 3.45. The largest absolute Gasteiger partial charge is 0.357 e. The van der Waals surface area contributed by atoms with E-state index in [0.717, 1.165) is 16.2 Å². The van der Waals surface area contributed by atoms with Crippen molar-refractivity contribution >= 4 is 21.7 Å². The Hall–Kier alpha value is -0.640. The highest BCUT2D eigenvalue weighted by molar-refractivity contribution is 9.10. The van der Waals surface area contributed by atoms with Gasteiger partial charge >= 0.3 is 0 Å². The fourth-order valence-corrected chi connectivity index (χ4v) is 1.78. The van der Waals surface area contributed by atoms with Crippen molar-refractivity contribution in [2.24, 2.45) is 0 Å². The van der Waals surface area contributed by atoms with E-state index >= 15 is 0 Å². The molecule has 0 bridgehead atoms. The number of hydrogen-bond donors (Lipinski definition) is 0. The highest BCUT2D eigenvalue weighted by atomic mass is 79.9. The summed E-state index contributed by atoms with van der Waals surface area (Å²) < 4.78 is 0.891. The Morgan fingerprint density at radius 3 is 2.60 bits per heavy atom. The molecular weight excluding hydrogens is 254 g/mol. The van der Waals surface area contributed by atoms with Gasteiger partial charge in [0.25, 0.3) is 0 Å². The third kappa shape index (κ3) is 2.48. The molecule has 1 saturated carbocycles. The van der Waals surface area contributed by atoms with Gasteiger partial charge in [-0.1, -0.05) is 0 Å².